The van der Waals surface area contributed by atoms with E-state index in [0.29, 0.717) is 25.3 Å². The van der Waals surface area contributed by atoms with Crippen LogP contribution in [0.25, 0.3) is 11.0 Å². The van der Waals surface area contributed by atoms with Crippen LogP contribution in [0.3, 0.4) is 0 Å². The fourth-order valence-electron chi connectivity index (χ4n) is 2.84. The predicted octanol–water partition coefficient (Wildman–Crippen LogP) is 1.23. The van der Waals surface area contributed by atoms with Crippen LogP contribution in [0.4, 0.5) is 5.82 Å². The lowest BCUT2D eigenvalue weighted by Crippen LogP contribution is -2.42. The van der Waals surface area contributed by atoms with Crippen molar-refractivity contribution in [3.05, 3.63) is 34.6 Å². The summed E-state index contributed by atoms with van der Waals surface area (Å²) in [6.07, 6.45) is 1.41. The number of aryl methyl sites for hydroxylation is 1. The van der Waals surface area contributed by atoms with Gasteiger partial charge in [-0.3, -0.25) is 9.59 Å². The van der Waals surface area contributed by atoms with Crippen molar-refractivity contribution in [2.75, 3.05) is 18.0 Å². The molecule has 6 nitrogen and oxygen atoms in total. The molecular weight excluding hydrogens is 270 g/mol. The topological polar surface area (TPSA) is 75.4 Å². The van der Waals surface area contributed by atoms with Crippen LogP contribution in [0, 0.1) is 5.92 Å². The van der Waals surface area contributed by atoms with Crippen LogP contribution in [0.5, 0.6) is 0 Å². The zero-order valence-corrected chi connectivity index (χ0v) is 11.8. The number of anilines is 1. The number of hydrogen-bond acceptors (Lipinski definition) is 4. The third-order valence-corrected chi connectivity index (χ3v) is 4.04. The van der Waals surface area contributed by atoms with Gasteiger partial charge >= 0.3 is 5.97 Å². The Bertz CT molecular complexity index is 753. The average molecular weight is 287 g/mol. The predicted molar refractivity (Wildman–Crippen MR) is 79.6 cm³/mol. The van der Waals surface area contributed by atoms with Gasteiger partial charge < -0.3 is 14.6 Å². The molecule has 2 aromatic rings. The van der Waals surface area contributed by atoms with Crippen molar-refractivity contribution in [2.45, 2.75) is 12.8 Å². The SMILES string of the molecule is Cn1c(=O)c(N2CCC[C@@H](C(=O)O)C2)nc2ccccc21. The first-order valence-corrected chi connectivity index (χ1v) is 7.01. The normalized spacial score (nSPS) is 18.9. The Labute approximate surface area is 121 Å². The van der Waals surface area contributed by atoms with Gasteiger partial charge in [-0.1, -0.05) is 12.1 Å². The second-order valence-corrected chi connectivity index (χ2v) is 5.41. The molecule has 1 atom stereocenters. The van der Waals surface area contributed by atoms with E-state index in [0.717, 1.165) is 17.5 Å². The van der Waals surface area contributed by atoms with E-state index in [9.17, 15) is 9.59 Å². The van der Waals surface area contributed by atoms with Crippen LogP contribution in [0.2, 0.25) is 0 Å². The minimum Gasteiger partial charge on any atom is -0.481 e. The summed E-state index contributed by atoms with van der Waals surface area (Å²) in [6, 6.07) is 7.45. The summed E-state index contributed by atoms with van der Waals surface area (Å²) in [7, 11) is 1.72. The van der Waals surface area contributed by atoms with Crippen LogP contribution in [0.15, 0.2) is 29.1 Å². The molecule has 0 amide bonds. The number of para-hydroxylation sites is 2. The largest absolute Gasteiger partial charge is 0.481 e. The van der Waals surface area contributed by atoms with Gasteiger partial charge in [0.15, 0.2) is 5.82 Å². The Morgan fingerprint density at radius 3 is 2.90 bits per heavy atom. The molecule has 1 aliphatic heterocycles. The second kappa shape index (κ2) is 5.20. The highest BCUT2D eigenvalue weighted by molar-refractivity contribution is 5.76. The molecule has 0 saturated carbocycles. The van der Waals surface area contributed by atoms with E-state index in [1.165, 1.54) is 0 Å². The van der Waals surface area contributed by atoms with Crippen molar-refractivity contribution in [1.29, 1.82) is 0 Å². The summed E-state index contributed by atoms with van der Waals surface area (Å²) in [5.74, 6) is -0.892. The number of aliphatic carboxylic acids is 1. The third-order valence-electron chi connectivity index (χ3n) is 4.04. The lowest BCUT2D eigenvalue weighted by atomic mass is 9.98. The third kappa shape index (κ3) is 2.37. The number of nitrogens with zero attached hydrogens (tertiary/aromatic N) is 3. The molecule has 0 unspecified atom stereocenters. The summed E-state index contributed by atoms with van der Waals surface area (Å²) in [5, 5.41) is 9.17. The zero-order valence-electron chi connectivity index (χ0n) is 11.8. The number of piperidine rings is 1. The molecule has 3 rings (SSSR count). The first-order valence-electron chi connectivity index (χ1n) is 7.01. The van der Waals surface area contributed by atoms with Gasteiger partial charge in [0.05, 0.1) is 17.0 Å². The summed E-state index contributed by atoms with van der Waals surface area (Å²) in [6.45, 7) is 1.01. The van der Waals surface area contributed by atoms with E-state index in [2.05, 4.69) is 4.98 Å². The zero-order chi connectivity index (χ0) is 15.0. The first-order chi connectivity index (χ1) is 10.1. The molecule has 6 heteroatoms. The molecule has 1 aliphatic rings. The number of carbonyl (C=O) groups is 1. The summed E-state index contributed by atoms with van der Waals surface area (Å²) in [4.78, 5) is 29.9. The van der Waals surface area contributed by atoms with Crippen molar-refractivity contribution in [3.8, 4) is 0 Å². The van der Waals surface area contributed by atoms with Gasteiger partial charge in [-0.05, 0) is 25.0 Å². The summed E-state index contributed by atoms with van der Waals surface area (Å²) >= 11 is 0. The van der Waals surface area contributed by atoms with Gasteiger partial charge in [0.2, 0.25) is 0 Å². The molecule has 1 aromatic carbocycles. The molecule has 0 bridgehead atoms. The van der Waals surface area contributed by atoms with Gasteiger partial charge in [0.1, 0.15) is 0 Å². The second-order valence-electron chi connectivity index (χ2n) is 5.41. The highest BCUT2D eigenvalue weighted by Crippen LogP contribution is 2.21. The van der Waals surface area contributed by atoms with Gasteiger partial charge in [0.25, 0.3) is 5.56 Å². The van der Waals surface area contributed by atoms with Gasteiger partial charge in [-0.15, -0.1) is 0 Å². The van der Waals surface area contributed by atoms with Crippen LogP contribution < -0.4 is 10.5 Å². The molecule has 1 N–H and O–H groups in total. The van der Waals surface area contributed by atoms with Crippen molar-refractivity contribution in [3.63, 3.8) is 0 Å². The Morgan fingerprint density at radius 2 is 2.14 bits per heavy atom. The Hall–Kier alpha value is -2.37. The fraction of sp³-hybridized carbons (Fsp3) is 0.400. The molecule has 1 aromatic heterocycles. The number of fused-ring (bicyclic) bond motifs is 1. The van der Waals surface area contributed by atoms with Crippen LogP contribution >= 0.6 is 0 Å². The number of aromatic nitrogens is 2. The smallest absolute Gasteiger partial charge is 0.308 e. The number of hydrogen-bond donors (Lipinski definition) is 1. The first kappa shape index (κ1) is 13.6. The van der Waals surface area contributed by atoms with Crippen molar-refractivity contribution in [2.24, 2.45) is 13.0 Å². The molecule has 2 heterocycles. The minimum atomic E-state index is -0.808. The molecule has 1 saturated heterocycles. The van der Waals surface area contributed by atoms with E-state index >= 15 is 0 Å². The molecule has 1 fully saturated rings. The van der Waals surface area contributed by atoms with Gasteiger partial charge in [-0.2, -0.15) is 0 Å². The highest BCUT2D eigenvalue weighted by Gasteiger charge is 2.27. The minimum absolute atomic E-state index is 0.181. The van der Waals surface area contributed by atoms with Gasteiger partial charge in [-0.25, -0.2) is 4.98 Å². The fourth-order valence-corrected chi connectivity index (χ4v) is 2.84. The number of carboxylic acids is 1. The Kier molecular flexibility index (Phi) is 3.37. The maximum Gasteiger partial charge on any atom is 0.308 e. The van der Waals surface area contributed by atoms with Crippen LogP contribution in [0.1, 0.15) is 12.8 Å². The summed E-state index contributed by atoms with van der Waals surface area (Å²) in [5.41, 5.74) is 1.34. The van der Waals surface area contributed by atoms with E-state index in [-0.39, 0.29) is 5.56 Å². The van der Waals surface area contributed by atoms with E-state index in [4.69, 9.17) is 5.11 Å². The van der Waals surface area contributed by atoms with Crippen molar-refractivity contribution in [1.82, 2.24) is 9.55 Å². The van der Waals surface area contributed by atoms with E-state index < -0.39 is 11.9 Å². The molecule has 0 radical (unpaired) electrons. The maximum atomic E-state index is 12.5. The number of benzene rings is 1. The Balaban J connectivity index is 2.06. The van der Waals surface area contributed by atoms with E-state index in [1.54, 1.807) is 16.5 Å². The Morgan fingerprint density at radius 1 is 1.38 bits per heavy atom. The lowest BCUT2D eigenvalue weighted by molar-refractivity contribution is -0.141. The quantitative estimate of drug-likeness (QED) is 0.899. The average Bonchev–Trinajstić information content (AvgIpc) is 2.51. The highest BCUT2D eigenvalue weighted by atomic mass is 16.4. The van der Waals surface area contributed by atoms with Crippen LogP contribution in [-0.2, 0) is 11.8 Å². The molecule has 0 aliphatic carbocycles. The lowest BCUT2D eigenvalue weighted by Gasteiger charge is -2.31. The van der Waals surface area contributed by atoms with Crippen molar-refractivity contribution >= 4 is 22.8 Å². The monoisotopic (exact) mass is 287 g/mol. The molecule has 0 spiro atoms. The van der Waals surface area contributed by atoms with E-state index in [1.807, 2.05) is 24.3 Å². The van der Waals surface area contributed by atoms with Gasteiger partial charge in [0, 0.05) is 20.1 Å². The van der Waals surface area contributed by atoms with Crippen molar-refractivity contribution < 1.29 is 9.90 Å². The number of rotatable bonds is 2. The standard InChI is InChI=1S/C15H17N3O3/c1-17-12-7-3-2-6-11(12)16-13(14(17)19)18-8-4-5-10(9-18)15(20)21/h2-3,6-7,10H,4-5,8-9H2,1H3,(H,20,21)/t10-/m1/s1. The molecule has 110 valence electrons. The maximum absolute atomic E-state index is 12.5. The molecular formula is C15H17N3O3. The molecule has 21 heavy (non-hydrogen) atoms. The summed E-state index contributed by atoms with van der Waals surface area (Å²) < 4.78 is 1.57. The van der Waals surface area contributed by atoms with Crippen LogP contribution in [-0.4, -0.2) is 33.7 Å². The number of carboxylic acid groups (broad SMARTS) is 1.